The van der Waals surface area contributed by atoms with Crippen LogP contribution in [0.15, 0.2) is 18.2 Å². The van der Waals surface area contributed by atoms with Crippen LogP contribution in [-0.2, 0) is 0 Å². The lowest BCUT2D eigenvalue weighted by Gasteiger charge is -2.09. The number of rotatable bonds is 3. The van der Waals surface area contributed by atoms with Gasteiger partial charge in [0.05, 0.1) is 7.11 Å². The molecule has 5 nitrogen and oxygen atoms in total. The predicted octanol–water partition coefficient (Wildman–Crippen LogP) is 2.89. The molecule has 0 aliphatic carbocycles. The summed E-state index contributed by atoms with van der Waals surface area (Å²) in [5.41, 5.74) is 3.22. The van der Waals surface area contributed by atoms with E-state index in [1.54, 1.807) is 0 Å². The molecule has 18 heavy (non-hydrogen) atoms. The number of hydrogen-bond donors (Lipinski definition) is 1. The van der Waals surface area contributed by atoms with Crippen LogP contribution in [0, 0.1) is 13.8 Å². The van der Waals surface area contributed by atoms with E-state index in [1.165, 1.54) is 12.7 Å². The van der Waals surface area contributed by atoms with Crippen molar-refractivity contribution >= 4 is 23.2 Å². The molecule has 0 aliphatic heterocycles. The monoisotopic (exact) mass is 264 g/mol. The van der Waals surface area contributed by atoms with Crippen molar-refractivity contribution in [1.82, 2.24) is 15.0 Å². The van der Waals surface area contributed by atoms with Crippen LogP contribution in [0.2, 0.25) is 5.28 Å². The van der Waals surface area contributed by atoms with E-state index >= 15 is 0 Å². The molecule has 0 amide bonds. The minimum atomic E-state index is 0.0918. The molecule has 0 aliphatic rings. The number of anilines is 2. The molecule has 1 aromatic carbocycles. The van der Waals surface area contributed by atoms with Crippen molar-refractivity contribution in [2.75, 3.05) is 12.4 Å². The van der Waals surface area contributed by atoms with E-state index in [0.717, 1.165) is 11.3 Å². The van der Waals surface area contributed by atoms with Gasteiger partial charge in [0.25, 0.3) is 0 Å². The number of halogens is 1. The number of aromatic nitrogens is 3. The molecule has 0 fully saturated rings. The summed E-state index contributed by atoms with van der Waals surface area (Å²) < 4.78 is 4.94. The lowest BCUT2D eigenvalue weighted by atomic mass is 10.1. The molecule has 94 valence electrons. The Hall–Kier alpha value is -1.88. The van der Waals surface area contributed by atoms with Crippen LogP contribution >= 0.6 is 11.6 Å². The van der Waals surface area contributed by atoms with Gasteiger partial charge in [0.1, 0.15) is 0 Å². The van der Waals surface area contributed by atoms with Gasteiger partial charge in [-0.2, -0.15) is 15.0 Å². The molecule has 1 N–H and O–H groups in total. The molecule has 1 aromatic heterocycles. The van der Waals surface area contributed by atoms with Crippen LogP contribution in [0.4, 0.5) is 11.6 Å². The fourth-order valence-electron chi connectivity index (χ4n) is 1.55. The van der Waals surface area contributed by atoms with Crippen LogP contribution in [-0.4, -0.2) is 22.1 Å². The SMILES string of the molecule is COc1nc(Cl)nc(Nc2ccc(C)cc2C)n1. The fraction of sp³-hybridized carbons (Fsp3) is 0.250. The second kappa shape index (κ2) is 5.18. The number of methoxy groups -OCH3 is 1. The third kappa shape index (κ3) is 2.87. The Morgan fingerprint density at radius 2 is 1.94 bits per heavy atom. The van der Waals surface area contributed by atoms with Gasteiger partial charge in [-0.05, 0) is 37.1 Å². The fourth-order valence-corrected chi connectivity index (χ4v) is 1.71. The highest BCUT2D eigenvalue weighted by Crippen LogP contribution is 2.20. The number of hydrogen-bond acceptors (Lipinski definition) is 5. The third-order valence-electron chi connectivity index (χ3n) is 2.40. The van der Waals surface area contributed by atoms with Gasteiger partial charge >= 0.3 is 6.01 Å². The van der Waals surface area contributed by atoms with Gasteiger partial charge in [0, 0.05) is 5.69 Å². The zero-order valence-corrected chi connectivity index (χ0v) is 11.1. The Morgan fingerprint density at radius 1 is 1.17 bits per heavy atom. The standard InChI is InChI=1S/C12H13ClN4O/c1-7-4-5-9(8(2)6-7)14-11-15-10(13)16-12(17-11)18-3/h4-6H,1-3H3,(H,14,15,16,17). The number of nitrogens with one attached hydrogen (secondary N) is 1. The Kier molecular flexibility index (Phi) is 3.62. The smallest absolute Gasteiger partial charge is 0.322 e. The van der Waals surface area contributed by atoms with Gasteiger partial charge < -0.3 is 10.1 Å². The first kappa shape index (κ1) is 12.6. The Balaban J connectivity index is 2.30. The van der Waals surface area contributed by atoms with Gasteiger partial charge in [0.15, 0.2) is 0 Å². The Morgan fingerprint density at radius 3 is 2.61 bits per heavy atom. The summed E-state index contributed by atoms with van der Waals surface area (Å²) in [4.78, 5) is 11.9. The van der Waals surface area contributed by atoms with Crippen LogP contribution in [0.25, 0.3) is 0 Å². The van der Waals surface area contributed by atoms with Crippen LogP contribution in [0.1, 0.15) is 11.1 Å². The molecule has 0 unspecified atom stereocenters. The Labute approximate surface area is 110 Å². The van der Waals surface area contributed by atoms with Crippen molar-refractivity contribution in [2.45, 2.75) is 13.8 Å². The number of aryl methyl sites for hydroxylation is 2. The average Bonchev–Trinajstić information content (AvgIpc) is 2.32. The second-order valence-electron chi connectivity index (χ2n) is 3.86. The molecular weight excluding hydrogens is 252 g/mol. The number of benzene rings is 1. The molecule has 2 rings (SSSR count). The maximum absolute atomic E-state index is 5.78. The lowest BCUT2D eigenvalue weighted by Crippen LogP contribution is -2.02. The van der Waals surface area contributed by atoms with Gasteiger partial charge in [-0.3, -0.25) is 0 Å². The van der Waals surface area contributed by atoms with E-state index in [-0.39, 0.29) is 11.3 Å². The molecule has 6 heteroatoms. The molecule has 1 heterocycles. The molecule has 2 aromatic rings. The molecule has 0 atom stereocenters. The molecule has 0 saturated heterocycles. The largest absolute Gasteiger partial charge is 0.467 e. The molecule has 0 spiro atoms. The summed E-state index contributed by atoms with van der Waals surface area (Å²) in [6.45, 7) is 4.05. The van der Waals surface area contributed by atoms with E-state index in [4.69, 9.17) is 16.3 Å². The first-order valence-corrected chi connectivity index (χ1v) is 5.76. The normalized spacial score (nSPS) is 10.2. The molecule has 0 saturated carbocycles. The third-order valence-corrected chi connectivity index (χ3v) is 2.57. The van der Waals surface area contributed by atoms with E-state index < -0.39 is 0 Å². The van der Waals surface area contributed by atoms with Crippen molar-refractivity contribution in [3.05, 3.63) is 34.6 Å². The molecule has 0 bridgehead atoms. The first-order valence-electron chi connectivity index (χ1n) is 5.38. The minimum absolute atomic E-state index is 0.0918. The van der Waals surface area contributed by atoms with E-state index in [0.29, 0.717) is 5.95 Å². The highest BCUT2D eigenvalue weighted by molar-refractivity contribution is 6.28. The van der Waals surface area contributed by atoms with Crippen LogP contribution in [0.3, 0.4) is 0 Å². The highest BCUT2D eigenvalue weighted by Gasteiger charge is 2.06. The lowest BCUT2D eigenvalue weighted by molar-refractivity contribution is 0.379. The second-order valence-corrected chi connectivity index (χ2v) is 4.20. The van der Waals surface area contributed by atoms with Gasteiger partial charge in [-0.25, -0.2) is 0 Å². The van der Waals surface area contributed by atoms with E-state index in [9.17, 15) is 0 Å². The quantitative estimate of drug-likeness (QED) is 0.924. The summed E-state index contributed by atoms with van der Waals surface area (Å²) >= 11 is 5.78. The average molecular weight is 265 g/mol. The minimum Gasteiger partial charge on any atom is -0.467 e. The highest BCUT2D eigenvalue weighted by atomic mass is 35.5. The maximum Gasteiger partial charge on any atom is 0.322 e. The topological polar surface area (TPSA) is 59.9 Å². The zero-order valence-electron chi connectivity index (χ0n) is 10.4. The van der Waals surface area contributed by atoms with Crippen molar-refractivity contribution in [3.8, 4) is 6.01 Å². The number of ether oxygens (including phenoxy) is 1. The summed E-state index contributed by atoms with van der Waals surface area (Å²) in [5, 5.41) is 3.18. The summed E-state index contributed by atoms with van der Waals surface area (Å²) in [7, 11) is 1.48. The van der Waals surface area contributed by atoms with Crippen molar-refractivity contribution in [1.29, 1.82) is 0 Å². The summed E-state index contributed by atoms with van der Waals surface area (Å²) in [6.07, 6.45) is 0. The van der Waals surface area contributed by atoms with Gasteiger partial charge in [-0.15, -0.1) is 0 Å². The summed E-state index contributed by atoms with van der Waals surface area (Å²) in [6, 6.07) is 6.23. The van der Waals surface area contributed by atoms with E-state index in [2.05, 4.69) is 26.3 Å². The molecular formula is C12H13ClN4O. The maximum atomic E-state index is 5.78. The van der Waals surface area contributed by atoms with E-state index in [1.807, 2.05) is 26.0 Å². The first-order chi connectivity index (χ1) is 8.58. The van der Waals surface area contributed by atoms with Crippen molar-refractivity contribution in [3.63, 3.8) is 0 Å². The summed E-state index contributed by atoms with van der Waals surface area (Å²) in [5.74, 6) is 0.360. The Bertz CT molecular complexity index is 574. The van der Waals surface area contributed by atoms with Crippen molar-refractivity contribution < 1.29 is 4.74 Å². The van der Waals surface area contributed by atoms with Gasteiger partial charge in [0.2, 0.25) is 11.2 Å². The van der Waals surface area contributed by atoms with Crippen LogP contribution < -0.4 is 10.1 Å². The van der Waals surface area contributed by atoms with Gasteiger partial charge in [-0.1, -0.05) is 17.7 Å². The number of nitrogens with zero attached hydrogens (tertiary/aromatic N) is 3. The van der Waals surface area contributed by atoms with Crippen LogP contribution in [0.5, 0.6) is 6.01 Å². The molecule has 0 radical (unpaired) electrons. The zero-order chi connectivity index (χ0) is 13.1. The predicted molar refractivity (Wildman–Crippen MR) is 70.6 cm³/mol. The van der Waals surface area contributed by atoms with Crippen molar-refractivity contribution in [2.24, 2.45) is 0 Å².